The summed E-state index contributed by atoms with van der Waals surface area (Å²) in [6.45, 7) is 10.7. The molecule has 0 aromatic heterocycles. The highest BCUT2D eigenvalue weighted by Gasteiger charge is 2.27. The van der Waals surface area contributed by atoms with Crippen LogP contribution in [0.3, 0.4) is 0 Å². The molecule has 0 atom stereocenters. The summed E-state index contributed by atoms with van der Waals surface area (Å²) >= 11 is 0. The largest absolute Gasteiger partial charge is 0.326 e. The molecule has 0 amide bonds. The molecule has 0 fully saturated rings. The highest BCUT2D eigenvalue weighted by Crippen LogP contribution is 2.25. The van der Waals surface area contributed by atoms with Gasteiger partial charge in [-0.3, -0.25) is 0 Å². The van der Waals surface area contributed by atoms with Crippen LogP contribution in [0, 0.1) is 19.3 Å². The normalized spacial score (nSPS) is 13.0. The third kappa shape index (κ3) is 3.81. The van der Waals surface area contributed by atoms with Gasteiger partial charge in [-0.25, -0.2) is 12.7 Å². The highest BCUT2D eigenvalue weighted by atomic mass is 32.2. The molecule has 1 aromatic carbocycles. The Balaban J connectivity index is 3.29. The predicted molar refractivity (Wildman–Crippen MR) is 83.1 cm³/mol. The van der Waals surface area contributed by atoms with Crippen LogP contribution in [0.15, 0.2) is 17.0 Å². The van der Waals surface area contributed by atoms with E-state index in [1.807, 2.05) is 40.7 Å². The molecule has 0 bridgehead atoms. The van der Waals surface area contributed by atoms with Crippen LogP contribution in [-0.4, -0.2) is 26.3 Å². The third-order valence-corrected chi connectivity index (χ3v) is 5.18. The lowest BCUT2D eigenvalue weighted by Crippen LogP contribution is -2.35. The Bertz CT molecular complexity index is 587. The van der Waals surface area contributed by atoms with Gasteiger partial charge in [-0.2, -0.15) is 0 Å². The number of aryl methyl sites for hydroxylation is 2. The third-order valence-electron chi connectivity index (χ3n) is 3.24. The summed E-state index contributed by atoms with van der Waals surface area (Å²) in [6, 6.07) is 3.60. The Morgan fingerprint density at radius 1 is 1.15 bits per heavy atom. The number of nitrogens with two attached hydrogens (primary N) is 1. The van der Waals surface area contributed by atoms with Crippen molar-refractivity contribution in [2.75, 3.05) is 13.6 Å². The zero-order valence-corrected chi connectivity index (χ0v) is 14.1. The Labute approximate surface area is 123 Å². The van der Waals surface area contributed by atoms with E-state index in [1.165, 1.54) is 4.31 Å². The minimum atomic E-state index is -3.47. The molecular formula is C15H26N2O2S. The van der Waals surface area contributed by atoms with Gasteiger partial charge in [-0.05, 0) is 42.0 Å². The maximum Gasteiger partial charge on any atom is 0.243 e. The predicted octanol–water partition coefficient (Wildman–Crippen LogP) is 2.43. The van der Waals surface area contributed by atoms with Crippen molar-refractivity contribution < 1.29 is 8.42 Å². The molecule has 0 spiro atoms. The molecule has 5 heteroatoms. The van der Waals surface area contributed by atoms with E-state index in [0.29, 0.717) is 18.0 Å². The van der Waals surface area contributed by atoms with Gasteiger partial charge in [0.05, 0.1) is 4.90 Å². The van der Waals surface area contributed by atoms with Gasteiger partial charge >= 0.3 is 0 Å². The lowest BCUT2D eigenvalue weighted by molar-refractivity contribution is 0.310. The summed E-state index contributed by atoms with van der Waals surface area (Å²) in [5.41, 5.74) is 8.26. The van der Waals surface area contributed by atoms with Crippen molar-refractivity contribution in [3.8, 4) is 0 Å². The van der Waals surface area contributed by atoms with Gasteiger partial charge in [0.1, 0.15) is 0 Å². The first kappa shape index (κ1) is 17.1. The molecule has 0 aliphatic carbocycles. The molecule has 1 rings (SSSR count). The van der Waals surface area contributed by atoms with Gasteiger partial charge in [-0.15, -0.1) is 0 Å². The second-order valence-electron chi connectivity index (χ2n) is 6.57. The van der Waals surface area contributed by atoms with Crippen molar-refractivity contribution in [1.29, 1.82) is 0 Å². The summed E-state index contributed by atoms with van der Waals surface area (Å²) in [7, 11) is -1.85. The van der Waals surface area contributed by atoms with Crippen LogP contribution in [0.1, 0.15) is 37.5 Å². The maximum atomic E-state index is 12.7. The maximum absolute atomic E-state index is 12.7. The molecule has 0 radical (unpaired) electrons. The van der Waals surface area contributed by atoms with Gasteiger partial charge in [-0.1, -0.05) is 26.8 Å². The number of hydrogen-bond acceptors (Lipinski definition) is 3. The SMILES string of the molecule is Cc1cc(C)c(S(=O)(=O)N(C)CC(C)(C)C)cc1CN. The summed E-state index contributed by atoms with van der Waals surface area (Å²) in [6.07, 6.45) is 0. The number of sulfonamides is 1. The Hall–Kier alpha value is -0.910. The monoisotopic (exact) mass is 298 g/mol. The van der Waals surface area contributed by atoms with E-state index in [0.717, 1.165) is 16.7 Å². The molecule has 0 heterocycles. The highest BCUT2D eigenvalue weighted by molar-refractivity contribution is 7.89. The van der Waals surface area contributed by atoms with Crippen molar-refractivity contribution >= 4 is 10.0 Å². The quantitative estimate of drug-likeness (QED) is 0.928. The van der Waals surface area contributed by atoms with Crippen molar-refractivity contribution in [2.45, 2.75) is 46.1 Å². The van der Waals surface area contributed by atoms with Crippen molar-refractivity contribution in [2.24, 2.45) is 11.1 Å². The van der Waals surface area contributed by atoms with Crippen LogP contribution in [0.25, 0.3) is 0 Å². The van der Waals surface area contributed by atoms with E-state index in [4.69, 9.17) is 5.73 Å². The zero-order valence-electron chi connectivity index (χ0n) is 13.3. The Morgan fingerprint density at radius 3 is 2.15 bits per heavy atom. The van der Waals surface area contributed by atoms with E-state index < -0.39 is 10.0 Å². The number of nitrogens with zero attached hydrogens (tertiary/aromatic N) is 1. The molecule has 4 nitrogen and oxygen atoms in total. The molecule has 0 saturated carbocycles. The van der Waals surface area contributed by atoms with E-state index in [9.17, 15) is 8.42 Å². The molecule has 2 N–H and O–H groups in total. The summed E-state index contributed by atoms with van der Waals surface area (Å²) in [5.74, 6) is 0. The topological polar surface area (TPSA) is 63.4 Å². The molecular weight excluding hydrogens is 272 g/mol. The lowest BCUT2D eigenvalue weighted by Gasteiger charge is -2.27. The van der Waals surface area contributed by atoms with Gasteiger partial charge in [0, 0.05) is 20.1 Å². The van der Waals surface area contributed by atoms with Crippen LogP contribution in [0.4, 0.5) is 0 Å². The van der Waals surface area contributed by atoms with Gasteiger partial charge in [0.2, 0.25) is 10.0 Å². The standard InChI is InChI=1S/C15H26N2O2S/c1-11-7-12(2)14(8-13(11)9-16)20(18,19)17(6)10-15(3,4)5/h7-8H,9-10,16H2,1-6H3. The van der Waals surface area contributed by atoms with Gasteiger partial charge in [0.15, 0.2) is 0 Å². The zero-order chi connectivity index (χ0) is 15.7. The van der Waals surface area contributed by atoms with Crippen LogP contribution in [-0.2, 0) is 16.6 Å². The smallest absolute Gasteiger partial charge is 0.243 e. The minimum absolute atomic E-state index is 0.0862. The van der Waals surface area contributed by atoms with Crippen molar-refractivity contribution in [3.05, 3.63) is 28.8 Å². The number of benzene rings is 1. The molecule has 0 unspecified atom stereocenters. The summed E-state index contributed by atoms with van der Waals surface area (Å²) in [4.78, 5) is 0.357. The second kappa shape index (κ2) is 5.84. The fourth-order valence-corrected chi connectivity index (χ4v) is 3.94. The lowest BCUT2D eigenvalue weighted by atomic mass is 9.97. The number of rotatable bonds is 4. The molecule has 0 aliphatic rings. The first-order chi connectivity index (χ1) is 8.99. The summed E-state index contributed by atoms with van der Waals surface area (Å²) < 4.78 is 26.8. The molecule has 20 heavy (non-hydrogen) atoms. The van der Waals surface area contributed by atoms with Crippen molar-refractivity contribution in [1.82, 2.24) is 4.31 Å². The van der Waals surface area contributed by atoms with E-state index in [1.54, 1.807) is 13.1 Å². The van der Waals surface area contributed by atoms with Gasteiger partial charge < -0.3 is 5.73 Å². The minimum Gasteiger partial charge on any atom is -0.326 e. The van der Waals surface area contributed by atoms with Crippen LogP contribution < -0.4 is 5.73 Å². The molecule has 1 aromatic rings. The molecule has 0 aliphatic heterocycles. The molecule has 0 saturated heterocycles. The average Bonchev–Trinajstić information content (AvgIpc) is 2.26. The van der Waals surface area contributed by atoms with E-state index in [-0.39, 0.29) is 5.41 Å². The number of hydrogen-bond donors (Lipinski definition) is 1. The fraction of sp³-hybridized carbons (Fsp3) is 0.600. The Kier molecular flexibility index (Phi) is 5.00. The fourth-order valence-electron chi connectivity index (χ4n) is 2.29. The molecule has 114 valence electrons. The van der Waals surface area contributed by atoms with Crippen molar-refractivity contribution in [3.63, 3.8) is 0 Å². The van der Waals surface area contributed by atoms with Crippen LogP contribution in [0.2, 0.25) is 0 Å². The van der Waals surface area contributed by atoms with E-state index in [2.05, 4.69) is 0 Å². The first-order valence-electron chi connectivity index (χ1n) is 6.75. The first-order valence-corrected chi connectivity index (χ1v) is 8.19. The van der Waals surface area contributed by atoms with E-state index >= 15 is 0 Å². The van der Waals surface area contributed by atoms with Gasteiger partial charge in [0.25, 0.3) is 0 Å². The van der Waals surface area contributed by atoms with Crippen LogP contribution in [0.5, 0.6) is 0 Å². The Morgan fingerprint density at radius 2 is 1.70 bits per heavy atom. The van der Waals surface area contributed by atoms with Crippen LogP contribution >= 0.6 is 0 Å². The summed E-state index contributed by atoms with van der Waals surface area (Å²) in [5, 5.41) is 0. The average molecular weight is 298 g/mol. The second-order valence-corrected chi connectivity index (χ2v) is 8.58.